The van der Waals surface area contributed by atoms with Crippen LogP contribution in [-0.4, -0.2) is 18.8 Å². The van der Waals surface area contributed by atoms with Gasteiger partial charge >= 0.3 is 0 Å². The van der Waals surface area contributed by atoms with Crippen LogP contribution in [0.15, 0.2) is 23.1 Å². The van der Waals surface area contributed by atoms with Crippen LogP contribution < -0.4 is 5.32 Å². The normalized spacial score (nSPS) is 17.6. The van der Waals surface area contributed by atoms with Crippen LogP contribution in [0.5, 0.6) is 0 Å². The van der Waals surface area contributed by atoms with Gasteiger partial charge in [0.15, 0.2) is 0 Å². The van der Waals surface area contributed by atoms with Crippen molar-refractivity contribution in [2.75, 3.05) is 18.8 Å². The molecule has 1 heterocycles. The van der Waals surface area contributed by atoms with Gasteiger partial charge in [-0.3, -0.25) is 0 Å². The molecular weight excluding hydrogens is 228 g/mol. The highest BCUT2D eigenvalue weighted by molar-refractivity contribution is 7.99. The van der Waals surface area contributed by atoms with E-state index in [1.54, 1.807) is 0 Å². The Morgan fingerprint density at radius 1 is 1.25 bits per heavy atom. The Labute approximate surface area is 98.6 Å². The molecule has 2 rings (SSSR count). The molecule has 4 heteroatoms. The summed E-state index contributed by atoms with van der Waals surface area (Å²) in [5, 5.41) is 3.30. The summed E-state index contributed by atoms with van der Waals surface area (Å²) in [7, 11) is 0. The fraction of sp³-hybridized carbons (Fsp3) is 0.500. The standard InChI is InChI=1S/C12H15F2NS/c13-10-1-2-12(11(14)7-10)16-8-9-3-5-15-6-4-9/h1-2,7,9,15H,3-6,8H2. The molecule has 88 valence electrons. The Bertz CT molecular complexity index is 351. The zero-order chi connectivity index (χ0) is 11.4. The molecule has 0 saturated carbocycles. The Morgan fingerprint density at radius 3 is 2.69 bits per heavy atom. The number of halogens is 2. The van der Waals surface area contributed by atoms with E-state index in [0.29, 0.717) is 10.8 Å². The smallest absolute Gasteiger partial charge is 0.139 e. The Hall–Kier alpha value is -0.610. The molecule has 1 aliphatic rings. The summed E-state index contributed by atoms with van der Waals surface area (Å²) in [4.78, 5) is 0.555. The Morgan fingerprint density at radius 2 is 2.00 bits per heavy atom. The third kappa shape index (κ3) is 3.19. The number of piperidine rings is 1. The van der Waals surface area contributed by atoms with Gasteiger partial charge in [-0.25, -0.2) is 8.78 Å². The topological polar surface area (TPSA) is 12.0 Å². The largest absolute Gasteiger partial charge is 0.317 e. The van der Waals surface area contributed by atoms with E-state index < -0.39 is 11.6 Å². The van der Waals surface area contributed by atoms with Crippen molar-refractivity contribution in [3.8, 4) is 0 Å². The number of nitrogens with one attached hydrogen (secondary N) is 1. The lowest BCUT2D eigenvalue weighted by Gasteiger charge is -2.22. The van der Waals surface area contributed by atoms with Crippen LogP contribution in [0.2, 0.25) is 0 Å². The van der Waals surface area contributed by atoms with E-state index in [0.717, 1.165) is 37.8 Å². The highest BCUT2D eigenvalue weighted by Crippen LogP contribution is 2.27. The van der Waals surface area contributed by atoms with Crippen LogP contribution in [-0.2, 0) is 0 Å². The second-order valence-electron chi connectivity index (χ2n) is 4.08. The lowest BCUT2D eigenvalue weighted by atomic mass is 10.0. The molecule has 1 N–H and O–H groups in total. The fourth-order valence-corrected chi connectivity index (χ4v) is 2.96. The van der Waals surface area contributed by atoms with E-state index in [4.69, 9.17) is 0 Å². The average Bonchev–Trinajstić information content (AvgIpc) is 2.29. The van der Waals surface area contributed by atoms with Gasteiger partial charge < -0.3 is 5.32 Å². The SMILES string of the molecule is Fc1ccc(SCC2CCNCC2)c(F)c1. The van der Waals surface area contributed by atoms with Crippen molar-refractivity contribution < 1.29 is 8.78 Å². The Balaban J connectivity index is 1.88. The maximum Gasteiger partial charge on any atom is 0.139 e. The maximum atomic E-state index is 13.3. The van der Waals surface area contributed by atoms with Gasteiger partial charge in [0.25, 0.3) is 0 Å². The lowest BCUT2D eigenvalue weighted by molar-refractivity contribution is 0.407. The molecule has 16 heavy (non-hydrogen) atoms. The van der Waals surface area contributed by atoms with Gasteiger partial charge in [-0.05, 0) is 44.0 Å². The average molecular weight is 243 g/mol. The molecule has 0 unspecified atom stereocenters. The Kier molecular flexibility index (Phi) is 4.18. The van der Waals surface area contributed by atoms with Gasteiger partial charge in [0.1, 0.15) is 11.6 Å². The van der Waals surface area contributed by atoms with Gasteiger partial charge in [-0.1, -0.05) is 0 Å². The van der Waals surface area contributed by atoms with Gasteiger partial charge in [0.2, 0.25) is 0 Å². The monoisotopic (exact) mass is 243 g/mol. The van der Waals surface area contributed by atoms with Crippen LogP contribution >= 0.6 is 11.8 Å². The highest BCUT2D eigenvalue weighted by Gasteiger charge is 2.14. The number of hydrogen-bond acceptors (Lipinski definition) is 2. The second kappa shape index (κ2) is 5.64. The molecule has 0 bridgehead atoms. The summed E-state index contributed by atoms with van der Waals surface area (Å²) in [5.41, 5.74) is 0. The molecule has 0 atom stereocenters. The summed E-state index contributed by atoms with van der Waals surface area (Å²) in [6, 6.07) is 3.79. The van der Waals surface area contributed by atoms with Crippen LogP contribution in [0.4, 0.5) is 8.78 Å². The number of rotatable bonds is 3. The molecule has 1 aromatic carbocycles. The molecule has 1 fully saturated rings. The van der Waals surface area contributed by atoms with E-state index in [9.17, 15) is 8.78 Å². The van der Waals surface area contributed by atoms with Crippen molar-refractivity contribution in [2.24, 2.45) is 5.92 Å². The minimum absolute atomic E-state index is 0.445. The molecule has 0 aromatic heterocycles. The van der Waals surface area contributed by atoms with E-state index in [1.165, 1.54) is 23.9 Å². The summed E-state index contributed by atoms with van der Waals surface area (Å²) in [6.07, 6.45) is 2.30. The second-order valence-corrected chi connectivity index (χ2v) is 5.14. The first-order valence-corrected chi connectivity index (χ1v) is 6.53. The molecular formula is C12H15F2NS. The van der Waals surface area contributed by atoms with Crippen LogP contribution in [0.25, 0.3) is 0 Å². The minimum Gasteiger partial charge on any atom is -0.317 e. The zero-order valence-corrected chi connectivity index (χ0v) is 9.83. The molecule has 0 aliphatic carbocycles. The predicted molar refractivity (Wildman–Crippen MR) is 62.7 cm³/mol. The first-order chi connectivity index (χ1) is 7.75. The molecule has 1 saturated heterocycles. The first kappa shape index (κ1) is 11.9. The van der Waals surface area contributed by atoms with E-state index in [1.807, 2.05) is 0 Å². The third-order valence-electron chi connectivity index (χ3n) is 2.83. The number of benzene rings is 1. The summed E-state index contributed by atoms with van der Waals surface area (Å²) >= 11 is 1.49. The highest BCUT2D eigenvalue weighted by atomic mass is 32.2. The molecule has 1 nitrogen and oxygen atoms in total. The maximum absolute atomic E-state index is 13.3. The van der Waals surface area contributed by atoms with Crippen molar-refractivity contribution in [3.63, 3.8) is 0 Å². The minimum atomic E-state index is -0.510. The first-order valence-electron chi connectivity index (χ1n) is 5.54. The van der Waals surface area contributed by atoms with Crippen molar-refractivity contribution >= 4 is 11.8 Å². The van der Waals surface area contributed by atoms with Crippen molar-refractivity contribution in [1.29, 1.82) is 0 Å². The molecule has 0 spiro atoms. The van der Waals surface area contributed by atoms with E-state index in [2.05, 4.69) is 5.32 Å². The van der Waals surface area contributed by atoms with Gasteiger partial charge in [0.05, 0.1) is 0 Å². The van der Waals surface area contributed by atoms with Gasteiger partial charge in [-0.2, -0.15) is 0 Å². The lowest BCUT2D eigenvalue weighted by Crippen LogP contribution is -2.28. The van der Waals surface area contributed by atoms with E-state index >= 15 is 0 Å². The zero-order valence-electron chi connectivity index (χ0n) is 9.01. The fourth-order valence-electron chi connectivity index (χ4n) is 1.85. The summed E-state index contributed by atoms with van der Waals surface area (Å²) in [5.74, 6) is 0.614. The quantitative estimate of drug-likeness (QED) is 0.819. The molecule has 0 amide bonds. The number of hydrogen-bond donors (Lipinski definition) is 1. The molecule has 1 aliphatic heterocycles. The summed E-state index contributed by atoms with van der Waals surface area (Å²) < 4.78 is 26.0. The van der Waals surface area contributed by atoms with Crippen LogP contribution in [0.1, 0.15) is 12.8 Å². The third-order valence-corrected chi connectivity index (χ3v) is 4.11. The molecule has 1 aromatic rings. The van der Waals surface area contributed by atoms with Crippen molar-refractivity contribution in [3.05, 3.63) is 29.8 Å². The predicted octanol–water partition coefficient (Wildman–Crippen LogP) is 3.06. The van der Waals surface area contributed by atoms with Crippen LogP contribution in [0, 0.1) is 17.6 Å². The molecule has 0 radical (unpaired) electrons. The van der Waals surface area contributed by atoms with Crippen LogP contribution in [0.3, 0.4) is 0 Å². The van der Waals surface area contributed by atoms with Crippen molar-refractivity contribution in [2.45, 2.75) is 17.7 Å². The number of thioether (sulfide) groups is 1. The van der Waals surface area contributed by atoms with E-state index in [-0.39, 0.29) is 0 Å². The van der Waals surface area contributed by atoms with Crippen molar-refractivity contribution in [1.82, 2.24) is 5.32 Å². The van der Waals surface area contributed by atoms with Gasteiger partial charge in [0, 0.05) is 16.7 Å². The van der Waals surface area contributed by atoms with Gasteiger partial charge in [-0.15, -0.1) is 11.8 Å². The summed E-state index contributed by atoms with van der Waals surface area (Å²) in [6.45, 7) is 2.11.